The van der Waals surface area contributed by atoms with Crippen molar-refractivity contribution in [1.82, 2.24) is 4.57 Å². The first-order valence-electron chi connectivity index (χ1n) is 9.76. The van der Waals surface area contributed by atoms with Crippen molar-refractivity contribution in [2.45, 2.75) is 13.8 Å². The molecule has 0 radical (unpaired) electrons. The fourth-order valence-corrected chi connectivity index (χ4v) is 4.31. The first kappa shape index (κ1) is 19.1. The van der Waals surface area contributed by atoms with Crippen LogP contribution < -0.4 is 15.0 Å². The fraction of sp³-hybridized carbons (Fsp3) is 0.240. The van der Waals surface area contributed by atoms with Gasteiger partial charge in [0, 0.05) is 43.3 Å². The van der Waals surface area contributed by atoms with Gasteiger partial charge in [-0.25, -0.2) is 0 Å². The predicted octanol–water partition coefficient (Wildman–Crippen LogP) is 5.12. The number of nitrogens with one attached hydrogen (secondary N) is 1. The van der Waals surface area contributed by atoms with Crippen molar-refractivity contribution in [2.24, 2.45) is 7.05 Å². The van der Waals surface area contributed by atoms with Crippen LogP contribution in [-0.4, -0.2) is 25.8 Å². The van der Waals surface area contributed by atoms with E-state index in [2.05, 4.69) is 80.9 Å². The number of aryl methyl sites for hydroxylation is 3. The normalized spacial score (nSPS) is 11.2. The van der Waals surface area contributed by atoms with Gasteiger partial charge < -0.3 is 19.6 Å². The first-order valence-corrected chi connectivity index (χ1v) is 9.76. The highest BCUT2D eigenvalue weighted by molar-refractivity contribution is 6.04. The van der Waals surface area contributed by atoms with Gasteiger partial charge in [0.1, 0.15) is 5.75 Å². The number of hydrogen-bond acceptors (Lipinski definition) is 3. The van der Waals surface area contributed by atoms with Gasteiger partial charge in [0.2, 0.25) is 0 Å². The summed E-state index contributed by atoms with van der Waals surface area (Å²) in [6.45, 7) is 4.18. The van der Waals surface area contributed by atoms with Crippen molar-refractivity contribution >= 4 is 16.6 Å². The zero-order valence-corrected chi connectivity index (χ0v) is 17.9. The number of aromatic nitrogens is 1. The van der Waals surface area contributed by atoms with Crippen LogP contribution in [0.5, 0.6) is 5.75 Å². The number of rotatable bonds is 3. The van der Waals surface area contributed by atoms with Crippen LogP contribution in [-0.2, 0) is 7.05 Å². The van der Waals surface area contributed by atoms with Crippen molar-refractivity contribution in [3.63, 3.8) is 0 Å². The highest BCUT2D eigenvalue weighted by Crippen LogP contribution is 2.42. The van der Waals surface area contributed by atoms with Crippen LogP contribution in [0, 0.1) is 19.3 Å². The molecule has 148 valence electrons. The molecule has 1 aliphatic heterocycles. The summed E-state index contributed by atoms with van der Waals surface area (Å²) in [5.74, 6) is 0.937. The molecule has 0 saturated heterocycles. The molecule has 0 unspecified atom stereocenters. The van der Waals surface area contributed by atoms with Gasteiger partial charge in [-0.15, -0.1) is 0 Å². The van der Waals surface area contributed by atoms with Gasteiger partial charge in [0.15, 0.2) is 0 Å². The summed E-state index contributed by atoms with van der Waals surface area (Å²) >= 11 is 0. The maximum Gasteiger partial charge on any atom is 0.124 e. The Labute approximate surface area is 171 Å². The molecule has 0 aromatic heterocycles. The number of nitrogens with zero attached hydrogens (tertiary/aromatic N) is 2. The number of ether oxygens (including phenoxy) is 1. The van der Waals surface area contributed by atoms with Crippen LogP contribution in [0.2, 0.25) is 0 Å². The quantitative estimate of drug-likeness (QED) is 0.497. The van der Waals surface area contributed by atoms with Crippen molar-refractivity contribution in [3.05, 3.63) is 65.0 Å². The lowest BCUT2D eigenvalue weighted by atomic mass is 9.90. The van der Waals surface area contributed by atoms with E-state index >= 15 is 0 Å². The molecule has 1 N–H and O–H groups in total. The Hall–Kier alpha value is -3.27. The summed E-state index contributed by atoms with van der Waals surface area (Å²) in [4.78, 5) is 2.12. The number of benzene rings is 3. The lowest BCUT2D eigenvalue weighted by Gasteiger charge is -2.23. The Kier molecular flexibility index (Phi) is 4.58. The Morgan fingerprint density at radius 1 is 0.931 bits per heavy atom. The summed E-state index contributed by atoms with van der Waals surface area (Å²) in [5, 5.41) is 9.87. The molecular formula is C25H27N3O. The molecule has 1 aliphatic carbocycles. The average molecular weight is 386 g/mol. The summed E-state index contributed by atoms with van der Waals surface area (Å²) in [6.07, 6.45) is 0. The number of pyridine rings is 1. The number of fused-ring (bicyclic) bond motifs is 2. The molecule has 0 amide bonds. The fourth-order valence-electron chi connectivity index (χ4n) is 4.31. The van der Waals surface area contributed by atoms with Gasteiger partial charge in [0.05, 0.1) is 23.7 Å². The minimum absolute atomic E-state index is 0.518. The second-order valence-corrected chi connectivity index (χ2v) is 7.91. The summed E-state index contributed by atoms with van der Waals surface area (Å²) in [6, 6.07) is 16.9. The average Bonchev–Trinajstić information content (AvgIpc) is 2.68. The van der Waals surface area contributed by atoms with E-state index in [9.17, 15) is 0 Å². The topological polar surface area (TPSA) is 41.2 Å². The highest BCUT2D eigenvalue weighted by Gasteiger charge is 2.19. The molecule has 2 aliphatic rings. The molecule has 0 spiro atoms. The third kappa shape index (κ3) is 3.05. The minimum Gasteiger partial charge on any atom is -0.496 e. The summed E-state index contributed by atoms with van der Waals surface area (Å²) in [7, 11) is 7.92. The molecule has 29 heavy (non-hydrogen) atoms. The van der Waals surface area contributed by atoms with Crippen molar-refractivity contribution in [2.75, 3.05) is 26.1 Å². The summed E-state index contributed by atoms with van der Waals surface area (Å²) < 4.78 is 7.78. The van der Waals surface area contributed by atoms with E-state index in [-0.39, 0.29) is 0 Å². The minimum atomic E-state index is 0.518. The predicted molar refractivity (Wildman–Crippen MR) is 121 cm³/mol. The van der Waals surface area contributed by atoms with E-state index in [1.807, 2.05) is 12.1 Å². The number of methoxy groups -OCH3 is 1. The maximum absolute atomic E-state index is 8.15. The largest absolute Gasteiger partial charge is 0.496 e. The molecule has 0 fully saturated rings. The van der Waals surface area contributed by atoms with Crippen LogP contribution >= 0.6 is 0 Å². The van der Waals surface area contributed by atoms with E-state index in [1.54, 1.807) is 7.11 Å². The highest BCUT2D eigenvalue weighted by atomic mass is 16.5. The molecule has 0 bridgehead atoms. The lowest BCUT2D eigenvalue weighted by molar-refractivity contribution is 0.408. The van der Waals surface area contributed by atoms with Crippen LogP contribution in [0.25, 0.3) is 33.3 Å². The maximum atomic E-state index is 8.15. The molecule has 1 heterocycles. The van der Waals surface area contributed by atoms with Crippen molar-refractivity contribution in [1.29, 1.82) is 5.41 Å². The van der Waals surface area contributed by atoms with E-state index in [4.69, 9.17) is 10.1 Å². The van der Waals surface area contributed by atoms with E-state index in [0.717, 1.165) is 39.3 Å². The summed E-state index contributed by atoms with van der Waals surface area (Å²) in [5.41, 5.74) is 9.13. The Morgan fingerprint density at radius 2 is 1.62 bits per heavy atom. The second kappa shape index (κ2) is 6.96. The first-order chi connectivity index (χ1) is 13.8. The van der Waals surface area contributed by atoms with Gasteiger partial charge in [-0.2, -0.15) is 0 Å². The smallest absolute Gasteiger partial charge is 0.124 e. The molecule has 0 saturated carbocycles. The third-order valence-electron chi connectivity index (χ3n) is 5.71. The standard InChI is InChI=1S/C25H27N3O/c1-15-11-17(12-16(2)25(15)29-6)24-20-9-7-18(26)13-22(20)28(5)23-14-19(27(3)4)8-10-21(23)24/h7-14,26H,1-6H3. The Balaban J connectivity index is 2.17. The van der Waals surface area contributed by atoms with E-state index in [1.165, 1.54) is 16.5 Å². The van der Waals surface area contributed by atoms with Gasteiger partial charge in [-0.3, -0.25) is 0 Å². The molecule has 4 nitrogen and oxygen atoms in total. The molecule has 0 atom stereocenters. The Bertz CT molecular complexity index is 1240. The van der Waals surface area contributed by atoms with E-state index < -0.39 is 0 Å². The van der Waals surface area contributed by atoms with Crippen LogP contribution in [0.1, 0.15) is 11.1 Å². The lowest BCUT2D eigenvalue weighted by Crippen LogP contribution is -2.11. The molecule has 4 heteroatoms. The van der Waals surface area contributed by atoms with Crippen LogP contribution in [0.15, 0.2) is 48.5 Å². The monoisotopic (exact) mass is 385 g/mol. The molecule has 2 aromatic carbocycles. The van der Waals surface area contributed by atoms with Crippen LogP contribution in [0.3, 0.4) is 0 Å². The molecule has 2 aromatic rings. The van der Waals surface area contributed by atoms with Gasteiger partial charge in [0.25, 0.3) is 0 Å². The van der Waals surface area contributed by atoms with Crippen LogP contribution in [0.4, 0.5) is 5.69 Å². The van der Waals surface area contributed by atoms with Crippen molar-refractivity contribution < 1.29 is 4.74 Å². The van der Waals surface area contributed by atoms with E-state index in [0.29, 0.717) is 5.36 Å². The number of hydrogen-bond donors (Lipinski definition) is 1. The van der Waals surface area contributed by atoms with Crippen molar-refractivity contribution in [3.8, 4) is 28.1 Å². The number of anilines is 1. The van der Waals surface area contributed by atoms with Gasteiger partial charge >= 0.3 is 0 Å². The second-order valence-electron chi connectivity index (χ2n) is 7.91. The molecular weight excluding hydrogens is 358 g/mol. The molecule has 4 rings (SSSR count). The SMILES string of the molecule is COc1c(C)cc(-c2c3ccc(=N)cc-3n(C)c3cc(N(C)C)ccc23)cc1C. The van der Waals surface area contributed by atoms with Gasteiger partial charge in [-0.05, 0) is 66.9 Å². The third-order valence-corrected chi connectivity index (χ3v) is 5.71. The Morgan fingerprint density at radius 3 is 2.24 bits per heavy atom. The van der Waals surface area contributed by atoms with Gasteiger partial charge in [-0.1, -0.05) is 12.1 Å². The zero-order chi connectivity index (χ0) is 20.9. The zero-order valence-electron chi connectivity index (χ0n) is 17.9.